The topological polar surface area (TPSA) is 42.9 Å². The van der Waals surface area contributed by atoms with E-state index in [-0.39, 0.29) is 5.78 Å². The van der Waals surface area contributed by atoms with E-state index in [0.717, 1.165) is 27.9 Å². The first-order valence-corrected chi connectivity index (χ1v) is 6.94. The lowest BCUT2D eigenvalue weighted by Gasteiger charge is -2.06. The molecule has 3 nitrogen and oxygen atoms in total. The molecule has 104 valence electrons. The van der Waals surface area contributed by atoms with E-state index in [0.29, 0.717) is 12.0 Å². The van der Waals surface area contributed by atoms with E-state index in [1.54, 1.807) is 6.20 Å². The van der Waals surface area contributed by atoms with Crippen molar-refractivity contribution in [1.82, 2.24) is 9.97 Å². The number of rotatable bonds is 3. The summed E-state index contributed by atoms with van der Waals surface area (Å²) in [5.74, 6) is 0.0679. The van der Waals surface area contributed by atoms with Crippen molar-refractivity contribution < 1.29 is 4.79 Å². The maximum atomic E-state index is 12.4. The monoisotopic (exact) mass is 276 g/mol. The van der Waals surface area contributed by atoms with Crippen molar-refractivity contribution in [3.63, 3.8) is 0 Å². The second kappa shape index (κ2) is 5.44. The Kier molecular flexibility index (Phi) is 3.48. The summed E-state index contributed by atoms with van der Waals surface area (Å²) >= 11 is 0. The second-order valence-corrected chi connectivity index (χ2v) is 5.23. The molecule has 0 amide bonds. The van der Waals surface area contributed by atoms with Gasteiger partial charge < -0.3 is 0 Å². The number of nitrogens with zero attached hydrogens (tertiary/aromatic N) is 2. The molecule has 0 unspecified atom stereocenters. The highest BCUT2D eigenvalue weighted by Gasteiger charge is 2.10. The molecule has 0 bridgehead atoms. The number of pyridine rings is 2. The number of benzene rings is 1. The average Bonchev–Trinajstić information content (AvgIpc) is 2.48. The zero-order valence-corrected chi connectivity index (χ0v) is 12.1. The first-order chi connectivity index (χ1) is 10.1. The van der Waals surface area contributed by atoms with Gasteiger partial charge in [-0.2, -0.15) is 0 Å². The van der Waals surface area contributed by atoms with Gasteiger partial charge in [-0.05, 0) is 37.6 Å². The molecule has 3 rings (SSSR count). The molecule has 0 radical (unpaired) electrons. The molecule has 3 aromatic rings. The van der Waals surface area contributed by atoms with E-state index in [9.17, 15) is 4.79 Å². The van der Waals surface area contributed by atoms with Gasteiger partial charge in [-0.1, -0.05) is 24.3 Å². The van der Waals surface area contributed by atoms with Crippen LogP contribution in [0.2, 0.25) is 0 Å². The number of Topliss-reactive ketones (excluding diaryl/α,β-unsaturated/α-hetero) is 1. The Hall–Kier alpha value is -2.55. The van der Waals surface area contributed by atoms with Crippen LogP contribution in [0.5, 0.6) is 0 Å². The van der Waals surface area contributed by atoms with Crippen LogP contribution in [0.3, 0.4) is 0 Å². The fraction of sp³-hybridized carbons (Fsp3) is 0.167. The molecule has 21 heavy (non-hydrogen) atoms. The van der Waals surface area contributed by atoms with Gasteiger partial charge in [-0.3, -0.25) is 14.8 Å². The van der Waals surface area contributed by atoms with Crippen LogP contribution in [-0.2, 0) is 6.42 Å². The third kappa shape index (κ3) is 2.82. The van der Waals surface area contributed by atoms with E-state index < -0.39 is 0 Å². The highest BCUT2D eigenvalue weighted by Crippen LogP contribution is 2.19. The smallest absolute Gasteiger partial charge is 0.168 e. The number of aromatic nitrogens is 2. The molecule has 0 spiro atoms. The number of para-hydroxylation sites is 1. The van der Waals surface area contributed by atoms with Gasteiger partial charge >= 0.3 is 0 Å². The van der Waals surface area contributed by atoms with Crippen LogP contribution < -0.4 is 0 Å². The first kappa shape index (κ1) is 13.4. The summed E-state index contributed by atoms with van der Waals surface area (Å²) in [4.78, 5) is 21.1. The molecule has 0 saturated heterocycles. The fourth-order valence-electron chi connectivity index (χ4n) is 2.36. The van der Waals surface area contributed by atoms with Gasteiger partial charge in [-0.25, -0.2) is 0 Å². The molecule has 2 heterocycles. The standard InChI is InChI=1S/C18H16N2O/c1-12-6-9-16(11-19-12)17(21)10-15-5-3-4-14-8-7-13(2)20-18(14)15/h3-9,11H,10H2,1-2H3. The molecule has 0 saturated carbocycles. The van der Waals surface area contributed by atoms with Crippen LogP contribution in [0.4, 0.5) is 0 Å². The van der Waals surface area contributed by atoms with Gasteiger partial charge in [0.1, 0.15) is 0 Å². The van der Waals surface area contributed by atoms with Crippen LogP contribution in [-0.4, -0.2) is 15.8 Å². The second-order valence-electron chi connectivity index (χ2n) is 5.23. The predicted octanol–water partition coefficient (Wildman–Crippen LogP) is 3.67. The molecule has 0 fully saturated rings. The molecule has 0 aliphatic heterocycles. The van der Waals surface area contributed by atoms with E-state index in [2.05, 4.69) is 9.97 Å². The van der Waals surface area contributed by atoms with Crippen LogP contribution >= 0.6 is 0 Å². The molecule has 2 aromatic heterocycles. The lowest BCUT2D eigenvalue weighted by Crippen LogP contribution is -2.05. The number of aryl methyl sites for hydroxylation is 2. The number of ketones is 1. The lowest BCUT2D eigenvalue weighted by molar-refractivity contribution is 0.0993. The first-order valence-electron chi connectivity index (χ1n) is 6.94. The Labute approximate surface area is 123 Å². The van der Waals surface area contributed by atoms with Gasteiger partial charge in [-0.15, -0.1) is 0 Å². The molecular formula is C18H16N2O. The SMILES string of the molecule is Cc1ccc(C(=O)Cc2cccc3ccc(C)nc23)cn1. The number of carbonyl (C=O) groups is 1. The van der Waals surface area contributed by atoms with Crippen LogP contribution in [0.1, 0.15) is 27.3 Å². The molecule has 0 aliphatic carbocycles. The van der Waals surface area contributed by atoms with Crippen molar-refractivity contribution in [2.45, 2.75) is 20.3 Å². The fourth-order valence-corrected chi connectivity index (χ4v) is 2.36. The molecular weight excluding hydrogens is 260 g/mol. The van der Waals surface area contributed by atoms with Crippen LogP contribution in [0.15, 0.2) is 48.7 Å². The third-order valence-electron chi connectivity index (χ3n) is 3.53. The maximum absolute atomic E-state index is 12.4. The van der Waals surface area contributed by atoms with Crippen molar-refractivity contribution in [2.24, 2.45) is 0 Å². The minimum absolute atomic E-state index is 0.0679. The molecule has 0 aliphatic rings. The molecule has 3 heteroatoms. The van der Waals surface area contributed by atoms with Crippen LogP contribution in [0.25, 0.3) is 10.9 Å². The van der Waals surface area contributed by atoms with E-state index in [4.69, 9.17) is 0 Å². The van der Waals surface area contributed by atoms with Crippen molar-refractivity contribution in [3.8, 4) is 0 Å². The summed E-state index contributed by atoms with van der Waals surface area (Å²) in [7, 11) is 0. The van der Waals surface area contributed by atoms with Gasteiger partial charge in [0.05, 0.1) is 5.52 Å². The van der Waals surface area contributed by atoms with E-state index in [1.807, 2.05) is 56.3 Å². The Morgan fingerprint density at radius 2 is 1.81 bits per heavy atom. The Bertz CT molecular complexity index is 807. The highest BCUT2D eigenvalue weighted by atomic mass is 16.1. The van der Waals surface area contributed by atoms with Crippen molar-refractivity contribution in [1.29, 1.82) is 0 Å². The molecule has 0 N–H and O–H groups in total. The Balaban J connectivity index is 1.96. The van der Waals surface area contributed by atoms with Gasteiger partial charge in [0.25, 0.3) is 0 Å². The van der Waals surface area contributed by atoms with Gasteiger partial charge in [0.2, 0.25) is 0 Å². The van der Waals surface area contributed by atoms with E-state index >= 15 is 0 Å². The normalized spacial score (nSPS) is 10.8. The van der Waals surface area contributed by atoms with Gasteiger partial charge in [0.15, 0.2) is 5.78 Å². The minimum atomic E-state index is 0.0679. The quantitative estimate of drug-likeness (QED) is 0.685. The summed E-state index contributed by atoms with van der Waals surface area (Å²) in [6.07, 6.45) is 1.99. The predicted molar refractivity (Wildman–Crippen MR) is 83.5 cm³/mol. The lowest BCUT2D eigenvalue weighted by atomic mass is 10.0. The summed E-state index contributed by atoms with van der Waals surface area (Å²) in [6.45, 7) is 3.87. The number of carbonyl (C=O) groups excluding carboxylic acids is 1. The average molecular weight is 276 g/mol. The number of fused-ring (bicyclic) bond motifs is 1. The number of hydrogen-bond acceptors (Lipinski definition) is 3. The third-order valence-corrected chi connectivity index (χ3v) is 3.53. The molecule has 0 atom stereocenters. The summed E-state index contributed by atoms with van der Waals surface area (Å²) < 4.78 is 0. The number of hydrogen-bond donors (Lipinski definition) is 0. The summed E-state index contributed by atoms with van der Waals surface area (Å²) in [5, 5.41) is 1.06. The summed E-state index contributed by atoms with van der Waals surface area (Å²) in [6, 6.07) is 13.7. The molecule has 1 aromatic carbocycles. The van der Waals surface area contributed by atoms with Crippen molar-refractivity contribution in [2.75, 3.05) is 0 Å². The van der Waals surface area contributed by atoms with E-state index in [1.165, 1.54) is 0 Å². The van der Waals surface area contributed by atoms with Crippen molar-refractivity contribution >= 4 is 16.7 Å². The highest BCUT2D eigenvalue weighted by molar-refractivity contribution is 5.99. The van der Waals surface area contributed by atoms with Crippen molar-refractivity contribution in [3.05, 3.63) is 71.2 Å². The Morgan fingerprint density at radius 3 is 2.57 bits per heavy atom. The zero-order valence-electron chi connectivity index (χ0n) is 12.1. The van der Waals surface area contributed by atoms with Crippen LogP contribution in [0, 0.1) is 13.8 Å². The minimum Gasteiger partial charge on any atom is -0.294 e. The zero-order chi connectivity index (χ0) is 14.8. The maximum Gasteiger partial charge on any atom is 0.168 e. The largest absolute Gasteiger partial charge is 0.294 e. The van der Waals surface area contributed by atoms with Gasteiger partial charge in [0, 0.05) is 35.0 Å². The summed E-state index contributed by atoms with van der Waals surface area (Å²) in [5.41, 5.74) is 4.38. The Morgan fingerprint density at radius 1 is 1.00 bits per heavy atom.